The standard InChI is InChI=1S/C17H22FN5O/c18-15(13-2-1-8-19-9-7-13)17(24)20-10-12-3-5-14(6-4-12)16-21-11-22-23-16/h3-6,11,13,15,19H,1-2,7-10H2,(H,20,24)(H,21,22,23). The number of aromatic nitrogens is 3. The highest BCUT2D eigenvalue weighted by Gasteiger charge is 2.28. The minimum absolute atomic E-state index is 0.186. The van der Waals surface area contributed by atoms with Crippen LogP contribution in [0.25, 0.3) is 11.4 Å². The van der Waals surface area contributed by atoms with E-state index < -0.39 is 12.1 Å². The lowest BCUT2D eigenvalue weighted by molar-refractivity contribution is -0.128. The van der Waals surface area contributed by atoms with E-state index in [2.05, 4.69) is 25.8 Å². The van der Waals surface area contributed by atoms with Gasteiger partial charge in [0.25, 0.3) is 5.91 Å². The van der Waals surface area contributed by atoms with E-state index in [0.29, 0.717) is 18.8 Å². The van der Waals surface area contributed by atoms with Crippen LogP contribution in [-0.2, 0) is 11.3 Å². The lowest BCUT2D eigenvalue weighted by Gasteiger charge is -2.18. The second-order valence-electron chi connectivity index (χ2n) is 6.09. The van der Waals surface area contributed by atoms with Crippen LogP contribution in [0, 0.1) is 5.92 Å². The van der Waals surface area contributed by atoms with Crippen molar-refractivity contribution in [2.45, 2.75) is 32.0 Å². The molecule has 1 aliphatic rings. The first-order valence-corrected chi connectivity index (χ1v) is 8.31. The van der Waals surface area contributed by atoms with Crippen LogP contribution in [0.4, 0.5) is 4.39 Å². The molecular weight excluding hydrogens is 309 g/mol. The third kappa shape index (κ3) is 4.17. The average Bonchev–Trinajstić information content (AvgIpc) is 3.02. The number of halogens is 1. The Labute approximate surface area is 140 Å². The van der Waals surface area contributed by atoms with E-state index in [-0.39, 0.29) is 5.92 Å². The van der Waals surface area contributed by atoms with E-state index >= 15 is 0 Å². The van der Waals surface area contributed by atoms with E-state index in [1.165, 1.54) is 6.33 Å². The molecule has 2 aromatic rings. The van der Waals surface area contributed by atoms with Crippen molar-refractivity contribution in [3.63, 3.8) is 0 Å². The quantitative estimate of drug-likeness (QED) is 0.780. The number of alkyl halides is 1. The second-order valence-corrected chi connectivity index (χ2v) is 6.09. The molecule has 2 unspecified atom stereocenters. The van der Waals surface area contributed by atoms with Gasteiger partial charge in [-0.2, -0.15) is 5.10 Å². The molecule has 3 rings (SSSR count). The maximum absolute atomic E-state index is 14.4. The van der Waals surface area contributed by atoms with Crippen LogP contribution in [0.15, 0.2) is 30.6 Å². The Morgan fingerprint density at radius 2 is 2.12 bits per heavy atom. The van der Waals surface area contributed by atoms with Crippen LogP contribution < -0.4 is 10.6 Å². The molecule has 0 saturated carbocycles. The Bertz CT molecular complexity index is 636. The van der Waals surface area contributed by atoms with Gasteiger partial charge in [-0.25, -0.2) is 9.37 Å². The molecular formula is C17H22FN5O. The topological polar surface area (TPSA) is 82.7 Å². The number of carbonyl (C=O) groups is 1. The maximum Gasteiger partial charge on any atom is 0.255 e. The minimum Gasteiger partial charge on any atom is -0.349 e. The van der Waals surface area contributed by atoms with Gasteiger partial charge in [-0.05, 0) is 37.9 Å². The highest BCUT2D eigenvalue weighted by Crippen LogP contribution is 2.21. The van der Waals surface area contributed by atoms with Crippen molar-refractivity contribution >= 4 is 5.91 Å². The molecule has 7 heteroatoms. The minimum atomic E-state index is -1.43. The van der Waals surface area contributed by atoms with Gasteiger partial charge in [-0.15, -0.1) is 0 Å². The summed E-state index contributed by atoms with van der Waals surface area (Å²) in [4.78, 5) is 16.1. The number of hydrogen-bond donors (Lipinski definition) is 3. The monoisotopic (exact) mass is 331 g/mol. The normalized spacial score (nSPS) is 19.5. The van der Waals surface area contributed by atoms with Crippen molar-refractivity contribution in [2.24, 2.45) is 5.92 Å². The summed E-state index contributed by atoms with van der Waals surface area (Å²) in [6, 6.07) is 7.57. The van der Waals surface area contributed by atoms with Crippen LogP contribution in [0.2, 0.25) is 0 Å². The molecule has 1 aromatic heterocycles. The maximum atomic E-state index is 14.4. The first kappa shape index (κ1) is 16.6. The number of aromatic amines is 1. The molecule has 2 heterocycles. The largest absolute Gasteiger partial charge is 0.349 e. The van der Waals surface area contributed by atoms with Crippen molar-refractivity contribution in [2.75, 3.05) is 13.1 Å². The van der Waals surface area contributed by atoms with Gasteiger partial charge in [0, 0.05) is 18.0 Å². The Kier molecular flexibility index (Phi) is 5.53. The van der Waals surface area contributed by atoms with Crippen LogP contribution >= 0.6 is 0 Å². The van der Waals surface area contributed by atoms with E-state index in [9.17, 15) is 9.18 Å². The number of hydrogen-bond acceptors (Lipinski definition) is 4. The Morgan fingerprint density at radius 3 is 2.88 bits per heavy atom. The Morgan fingerprint density at radius 1 is 1.29 bits per heavy atom. The lowest BCUT2D eigenvalue weighted by atomic mass is 9.95. The summed E-state index contributed by atoms with van der Waals surface area (Å²) in [5.41, 5.74) is 1.83. The number of amides is 1. The zero-order chi connectivity index (χ0) is 16.8. The highest BCUT2D eigenvalue weighted by atomic mass is 19.1. The van der Waals surface area contributed by atoms with Gasteiger partial charge in [-0.1, -0.05) is 24.3 Å². The molecule has 1 aliphatic heterocycles. The summed E-state index contributed by atoms with van der Waals surface area (Å²) in [6.45, 7) is 2.00. The molecule has 1 amide bonds. The van der Waals surface area contributed by atoms with Gasteiger partial charge >= 0.3 is 0 Å². The number of H-pyrrole nitrogens is 1. The van der Waals surface area contributed by atoms with Crippen LogP contribution in [0.1, 0.15) is 24.8 Å². The molecule has 0 bridgehead atoms. The molecule has 24 heavy (non-hydrogen) atoms. The van der Waals surface area contributed by atoms with Crippen molar-refractivity contribution in [3.8, 4) is 11.4 Å². The zero-order valence-corrected chi connectivity index (χ0v) is 13.5. The van der Waals surface area contributed by atoms with Gasteiger partial charge in [0.1, 0.15) is 6.33 Å². The molecule has 1 fully saturated rings. The van der Waals surface area contributed by atoms with Crippen molar-refractivity contribution in [1.29, 1.82) is 0 Å². The van der Waals surface area contributed by atoms with Crippen LogP contribution in [-0.4, -0.2) is 40.3 Å². The van der Waals surface area contributed by atoms with E-state index in [1.54, 1.807) is 0 Å². The number of carbonyl (C=O) groups excluding carboxylic acids is 1. The van der Waals surface area contributed by atoms with E-state index in [0.717, 1.165) is 37.1 Å². The highest BCUT2D eigenvalue weighted by molar-refractivity contribution is 5.80. The summed E-state index contributed by atoms with van der Waals surface area (Å²) in [5.74, 6) is -0.00794. The van der Waals surface area contributed by atoms with Crippen LogP contribution in [0.3, 0.4) is 0 Å². The Hall–Kier alpha value is -2.28. The predicted molar refractivity (Wildman–Crippen MR) is 88.8 cm³/mol. The molecule has 3 N–H and O–H groups in total. The molecule has 1 saturated heterocycles. The van der Waals surface area contributed by atoms with Crippen molar-refractivity contribution < 1.29 is 9.18 Å². The average molecular weight is 331 g/mol. The summed E-state index contributed by atoms with van der Waals surface area (Å²) in [5, 5.41) is 12.5. The van der Waals surface area contributed by atoms with Crippen molar-refractivity contribution in [3.05, 3.63) is 36.2 Å². The summed E-state index contributed by atoms with van der Waals surface area (Å²) >= 11 is 0. The fraction of sp³-hybridized carbons (Fsp3) is 0.471. The van der Waals surface area contributed by atoms with Gasteiger partial charge in [0.05, 0.1) is 0 Å². The fourth-order valence-electron chi connectivity index (χ4n) is 2.96. The first-order valence-electron chi connectivity index (χ1n) is 8.31. The summed E-state index contributed by atoms with van der Waals surface area (Å²) in [6.07, 6.45) is 2.40. The first-order chi connectivity index (χ1) is 11.7. The zero-order valence-electron chi connectivity index (χ0n) is 13.5. The predicted octanol–water partition coefficient (Wildman–Crippen LogP) is 1.82. The molecule has 6 nitrogen and oxygen atoms in total. The van der Waals surface area contributed by atoms with Crippen LogP contribution in [0.5, 0.6) is 0 Å². The van der Waals surface area contributed by atoms with Gasteiger partial charge in [-0.3, -0.25) is 9.89 Å². The smallest absolute Gasteiger partial charge is 0.255 e. The molecule has 0 radical (unpaired) electrons. The summed E-state index contributed by atoms with van der Waals surface area (Å²) in [7, 11) is 0. The SMILES string of the molecule is O=C(NCc1ccc(-c2ncn[nH]2)cc1)C(F)C1CCCNCC1. The molecule has 1 aromatic carbocycles. The molecule has 0 aliphatic carbocycles. The third-order valence-corrected chi connectivity index (χ3v) is 4.39. The number of benzene rings is 1. The molecule has 2 atom stereocenters. The van der Waals surface area contributed by atoms with Crippen molar-refractivity contribution in [1.82, 2.24) is 25.8 Å². The number of nitrogens with one attached hydrogen (secondary N) is 3. The number of nitrogens with zero attached hydrogens (tertiary/aromatic N) is 2. The number of rotatable bonds is 5. The lowest BCUT2D eigenvalue weighted by Crippen LogP contribution is -2.36. The second kappa shape index (κ2) is 8.01. The third-order valence-electron chi connectivity index (χ3n) is 4.39. The fourth-order valence-corrected chi connectivity index (χ4v) is 2.96. The van der Waals surface area contributed by atoms with E-state index in [1.807, 2.05) is 24.3 Å². The summed E-state index contributed by atoms with van der Waals surface area (Å²) < 4.78 is 14.4. The Balaban J connectivity index is 1.52. The molecule has 0 spiro atoms. The van der Waals surface area contributed by atoms with Gasteiger partial charge in [0.2, 0.25) is 0 Å². The van der Waals surface area contributed by atoms with Gasteiger partial charge < -0.3 is 10.6 Å². The van der Waals surface area contributed by atoms with E-state index in [4.69, 9.17) is 0 Å². The van der Waals surface area contributed by atoms with Gasteiger partial charge in [0.15, 0.2) is 12.0 Å². The molecule has 128 valence electrons.